The van der Waals surface area contributed by atoms with Crippen LogP contribution in [0.4, 0.5) is 0 Å². The van der Waals surface area contributed by atoms with Gasteiger partial charge in [-0.05, 0) is 36.6 Å². The normalized spacial score (nSPS) is 12.3. The third kappa shape index (κ3) is 4.97. The standard InChI is InChI=1S/C20H24N4O3/c1-13(2)12-16(19-23-14-6-3-4-7-15(14)24-19)22-18(25)9-10-21-20(26)17-8-5-11-27-17/h3-8,11,13,16H,9-10,12H2,1-2H3,(H,21,26)(H,22,25)(H,23,24). The van der Waals surface area contributed by atoms with Crippen LogP contribution < -0.4 is 10.6 Å². The number of fused-ring (bicyclic) bond motifs is 1. The van der Waals surface area contributed by atoms with E-state index in [2.05, 4.69) is 34.4 Å². The molecule has 0 aliphatic carbocycles. The fourth-order valence-electron chi connectivity index (χ4n) is 2.90. The molecule has 0 saturated carbocycles. The van der Waals surface area contributed by atoms with Crippen molar-refractivity contribution in [2.24, 2.45) is 5.92 Å². The molecule has 142 valence electrons. The molecule has 0 saturated heterocycles. The van der Waals surface area contributed by atoms with Gasteiger partial charge in [-0.25, -0.2) is 4.98 Å². The van der Waals surface area contributed by atoms with Crippen LogP contribution in [-0.2, 0) is 4.79 Å². The van der Waals surface area contributed by atoms with Crippen molar-refractivity contribution in [3.8, 4) is 0 Å². The Labute approximate surface area is 157 Å². The number of aromatic amines is 1. The molecule has 3 aromatic rings. The summed E-state index contributed by atoms with van der Waals surface area (Å²) < 4.78 is 5.02. The Morgan fingerprint density at radius 1 is 1.19 bits per heavy atom. The number of para-hydroxylation sites is 2. The highest BCUT2D eigenvalue weighted by molar-refractivity contribution is 5.91. The summed E-state index contributed by atoms with van der Waals surface area (Å²) in [6.45, 7) is 4.44. The van der Waals surface area contributed by atoms with E-state index >= 15 is 0 Å². The number of hydrogen-bond donors (Lipinski definition) is 3. The van der Waals surface area contributed by atoms with Crippen molar-refractivity contribution in [2.45, 2.75) is 32.7 Å². The number of carbonyl (C=O) groups excluding carboxylic acids is 2. The zero-order valence-electron chi connectivity index (χ0n) is 15.5. The van der Waals surface area contributed by atoms with Crippen molar-refractivity contribution in [1.29, 1.82) is 0 Å². The molecule has 0 bridgehead atoms. The number of amides is 2. The maximum Gasteiger partial charge on any atom is 0.286 e. The zero-order valence-corrected chi connectivity index (χ0v) is 15.5. The zero-order chi connectivity index (χ0) is 19.2. The molecular formula is C20H24N4O3. The summed E-state index contributed by atoms with van der Waals surface area (Å²) >= 11 is 0. The van der Waals surface area contributed by atoms with Crippen LogP contribution in [0, 0.1) is 5.92 Å². The first-order valence-electron chi connectivity index (χ1n) is 9.08. The van der Waals surface area contributed by atoms with E-state index < -0.39 is 0 Å². The van der Waals surface area contributed by atoms with Crippen LogP contribution in [0.3, 0.4) is 0 Å². The fourth-order valence-corrected chi connectivity index (χ4v) is 2.90. The average molecular weight is 368 g/mol. The van der Waals surface area contributed by atoms with Crippen LogP contribution >= 0.6 is 0 Å². The van der Waals surface area contributed by atoms with E-state index in [1.54, 1.807) is 12.1 Å². The number of hydrogen-bond acceptors (Lipinski definition) is 4. The van der Waals surface area contributed by atoms with Crippen molar-refractivity contribution in [1.82, 2.24) is 20.6 Å². The van der Waals surface area contributed by atoms with Crippen molar-refractivity contribution in [3.63, 3.8) is 0 Å². The monoisotopic (exact) mass is 368 g/mol. The highest BCUT2D eigenvalue weighted by atomic mass is 16.3. The van der Waals surface area contributed by atoms with E-state index in [9.17, 15) is 9.59 Å². The van der Waals surface area contributed by atoms with Gasteiger partial charge in [0.2, 0.25) is 5.91 Å². The summed E-state index contributed by atoms with van der Waals surface area (Å²) in [4.78, 5) is 32.1. The number of furan rings is 1. The topological polar surface area (TPSA) is 100 Å². The summed E-state index contributed by atoms with van der Waals surface area (Å²) in [5.41, 5.74) is 1.82. The van der Waals surface area contributed by atoms with Gasteiger partial charge in [-0.3, -0.25) is 9.59 Å². The Morgan fingerprint density at radius 2 is 2.00 bits per heavy atom. The third-order valence-corrected chi connectivity index (χ3v) is 4.16. The Balaban J connectivity index is 1.58. The molecule has 3 N–H and O–H groups in total. The second-order valence-corrected chi connectivity index (χ2v) is 6.87. The number of benzene rings is 1. The van der Waals surface area contributed by atoms with Gasteiger partial charge in [-0.2, -0.15) is 0 Å². The van der Waals surface area contributed by atoms with Crippen LogP contribution in [0.2, 0.25) is 0 Å². The van der Waals surface area contributed by atoms with E-state index in [1.165, 1.54) is 6.26 Å². The molecule has 7 nitrogen and oxygen atoms in total. The predicted molar refractivity (Wildman–Crippen MR) is 102 cm³/mol. The van der Waals surface area contributed by atoms with Gasteiger partial charge < -0.3 is 20.0 Å². The lowest BCUT2D eigenvalue weighted by atomic mass is 10.0. The summed E-state index contributed by atoms with van der Waals surface area (Å²) in [6, 6.07) is 10.8. The van der Waals surface area contributed by atoms with Gasteiger partial charge in [0.05, 0.1) is 23.3 Å². The summed E-state index contributed by atoms with van der Waals surface area (Å²) in [7, 11) is 0. The van der Waals surface area contributed by atoms with Crippen molar-refractivity contribution in [2.75, 3.05) is 6.54 Å². The molecule has 27 heavy (non-hydrogen) atoms. The molecular weight excluding hydrogens is 344 g/mol. The second kappa shape index (κ2) is 8.53. The van der Waals surface area contributed by atoms with Crippen molar-refractivity contribution >= 4 is 22.8 Å². The summed E-state index contributed by atoms with van der Waals surface area (Å²) in [6.07, 6.45) is 2.39. The Bertz CT molecular complexity index is 866. The van der Waals surface area contributed by atoms with Gasteiger partial charge in [0.15, 0.2) is 5.76 Å². The summed E-state index contributed by atoms with van der Waals surface area (Å²) in [5.74, 6) is 0.903. The third-order valence-electron chi connectivity index (χ3n) is 4.16. The largest absolute Gasteiger partial charge is 0.459 e. The molecule has 7 heteroatoms. The number of aromatic nitrogens is 2. The first-order valence-corrected chi connectivity index (χ1v) is 9.08. The van der Waals surface area contributed by atoms with Crippen LogP contribution in [-0.4, -0.2) is 28.3 Å². The molecule has 1 atom stereocenters. The van der Waals surface area contributed by atoms with Gasteiger partial charge in [0.1, 0.15) is 5.82 Å². The molecule has 0 aliphatic rings. The molecule has 2 amide bonds. The van der Waals surface area contributed by atoms with Crippen LogP contribution in [0.15, 0.2) is 47.1 Å². The average Bonchev–Trinajstić information content (AvgIpc) is 3.30. The molecule has 3 rings (SSSR count). The van der Waals surface area contributed by atoms with E-state index in [0.29, 0.717) is 5.92 Å². The number of imidazole rings is 1. The van der Waals surface area contributed by atoms with Gasteiger partial charge in [-0.1, -0.05) is 26.0 Å². The van der Waals surface area contributed by atoms with Gasteiger partial charge in [0, 0.05) is 13.0 Å². The van der Waals surface area contributed by atoms with E-state index in [-0.39, 0.29) is 36.6 Å². The first-order chi connectivity index (χ1) is 13.0. The van der Waals surface area contributed by atoms with Crippen LogP contribution in [0.25, 0.3) is 11.0 Å². The quantitative estimate of drug-likeness (QED) is 0.568. The maximum atomic E-state index is 12.4. The van der Waals surface area contributed by atoms with Gasteiger partial charge >= 0.3 is 0 Å². The van der Waals surface area contributed by atoms with E-state index in [1.807, 2.05) is 24.3 Å². The first kappa shape index (κ1) is 18.7. The molecule has 2 aromatic heterocycles. The smallest absolute Gasteiger partial charge is 0.286 e. The molecule has 1 unspecified atom stereocenters. The Hall–Kier alpha value is -3.09. The lowest BCUT2D eigenvalue weighted by Gasteiger charge is -2.18. The second-order valence-electron chi connectivity index (χ2n) is 6.87. The van der Waals surface area contributed by atoms with Crippen molar-refractivity contribution in [3.05, 3.63) is 54.2 Å². The maximum absolute atomic E-state index is 12.4. The molecule has 0 spiro atoms. The minimum absolute atomic E-state index is 0.138. The Kier molecular flexibility index (Phi) is 5.90. The predicted octanol–water partition coefficient (Wildman–Crippen LogP) is 3.18. The van der Waals surface area contributed by atoms with Gasteiger partial charge in [-0.15, -0.1) is 0 Å². The number of nitrogens with zero attached hydrogens (tertiary/aromatic N) is 1. The highest BCUT2D eigenvalue weighted by Gasteiger charge is 2.20. The number of nitrogens with one attached hydrogen (secondary N) is 3. The molecule has 0 aliphatic heterocycles. The van der Waals surface area contributed by atoms with E-state index in [0.717, 1.165) is 23.3 Å². The minimum atomic E-state index is -0.330. The van der Waals surface area contributed by atoms with E-state index in [4.69, 9.17) is 4.42 Å². The van der Waals surface area contributed by atoms with Crippen LogP contribution in [0.5, 0.6) is 0 Å². The molecule has 1 aromatic carbocycles. The SMILES string of the molecule is CC(C)CC(NC(=O)CCNC(=O)c1ccco1)c1nc2ccccc2[nH]1. The number of carbonyl (C=O) groups is 2. The summed E-state index contributed by atoms with van der Waals surface area (Å²) in [5, 5.41) is 5.70. The lowest BCUT2D eigenvalue weighted by molar-refractivity contribution is -0.121. The number of H-pyrrole nitrogens is 1. The lowest BCUT2D eigenvalue weighted by Crippen LogP contribution is -2.33. The molecule has 0 radical (unpaired) electrons. The highest BCUT2D eigenvalue weighted by Crippen LogP contribution is 2.22. The molecule has 2 heterocycles. The Morgan fingerprint density at radius 3 is 2.70 bits per heavy atom. The molecule has 0 fully saturated rings. The minimum Gasteiger partial charge on any atom is -0.459 e. The number of rotatable bonds is 8. The van der Waals surface area contributed by atoms with Crippen molar-refractivity contribution < 1.29 is 14.0 Å². The van der Waals surface area contributed by atoms with Gasteiger partial charge in [0.25, 0.3) is 5.91 Å². The van der Waals surface area contributed by atoms with Crippen LogP contribution in [0.1, 0.15) is 49.1 Å². The fraction of sp³-hybridized carbons (Fsp3) is 0.350.